The summed E-state index contributed by atoms with van der Waals surface area (Å²) in [5.74, 6) is -2.73. The minimum atomic E-state index is -4.56. The smallest absolute Gasteiger partial charge is 0.398 e. The molecule has 1 N–H and O–H groups in total. The number of nitrogens with zero attached hydrogens (tertiary/aromatic N) is 3. The van der Waals surface area contributed by atoms with E-state index < -0.39 is 35.3 Å². The Balaban J connectivity index is 1.58. The average Bonchev–Trinajstić information content (AvgIpc) is 3.71. The van der Waals surface area contributed by atoms with Crippen molar-refractivity contribution < 1.29 is 37.4 Å². The molecule has 0 spiro atoms. The number of amides is 1. The van der Waals surface area contributed by atoms with E-state index in [9.17, 15) is 32.7 Å². The van der Waals surface area contributed by atoms with Gasteiger partial charge in [-0.25, -0.2) is 0 Å². The predicted octanol–water partition coefficient (Wildman–Crippen LogP) is 5.30. The van der Waals surface area contributed by atoms with Crippen LogP contribution >= 0.6 is 11.6 Å². The number of carbonyl (C=O) groups is 3. The van der Waals surface area contributed by atoms with Gasteiger partial charge in [-0.1, -0.05) is 29.8 Å². The Kier molecular flexibility index (Phi) is 8.28. The number of aromatic nitrogens is 2. The zero-order valence-corrected chi connectivity index (χ0v) is 24.2. The third kappa shape index (κ3) is 5.37. The van der Waals surface area contributed by atoms with Crippen LogP contribution in [0.15, 0.2) is 24.3 Å². The molecule has 226 valence electrons. The summed E-state index contributed by atoms with van der Waals surface area (Å²) >= 11 is 6.44. The van der Waals surface area contributed by atoms with Gasteiger partial charge >= 0.3 is 12.1 Å². The van der Waals surface area contributed by atoms with Crippen LogP contribution in [0.4, 0.5) is 13.2 Å². The number of hydrogen-bond donors (Lipinski definition) is 1. The van der Waals surface area contributed by atoms with Gasteiger partial charge < -0.3 is 14.7 Å². The quantitative estimate of drug-likeness (QED) is 0.437. The van der Waals surface area contributed by atoms with Gasteiger partial charge in [0.05, 0.1) is 39.9 Å². The van der Waals surface area contributed by atoms with Gasteiger partial charge in [0.15, 0.2) is 0 Å². The number of fused-ring (bicyclic) bond motifs is 1. The first-order valence-electron chi connectivity index (χ1n) is 14.1. The number of alkyl halides is 3. The molecule has 2 aromatic rings. The summed E-state index contributed by atoms with van der Waals surface area (Å²) in [7, 11) is 3.22. The van der Waals surface area contributed by atoms with Crippen LogP contribution in [0.5, 0.6) is 0 Å². The van der Waals surface area contributed by atoms with Crippen LogP contribution in [-0.4, -0.2) is 71.1 Å². The van der Waals surface area contributed by atoms with Crippen molar-refractivity contribution in [3.8, 4) is 0 Å². The molecule has 3 aliphatic carbocycles. The largest absolute Gasteiger partial charge is 0.481 e. The van der Waals surface area contributed by atoms with Gasteiger partial charge in [-0.3, -0.25) is 14.4 Å². The molecule has 5 rings (SSSR count). The van der Waals surface area contributed by atoms with Gasteiger partial charge in [0.1, 0.15) is 0 Å². The molecule has 0 radical (unpaired) electrons. The second-order valence-corrected chi connectivity index (χ2v) is 11.9. The number of benzene rings is 1. The average molecular weight is 608 g/mol. The SMILES string of the molecule is COCCN(C)C(=O)C1CCc2c(C3=CCC(C(=O)O)CC3)nn(C(=O)c3c(Cl)cccc3C3(C(F)(F)F)CC3)c2C1. The second-order valence-electron chi connectivity index (χ2n) is 11.5. The van der Waals surface area contributed by atoms with Crippen LogP contribution in [0.25, 0.3) is 5.57 Å². The monoisotopic (exact) mass is 607 g/mol. The number of carboxylic acids is 1. The number of methoxy groups -OCH3 is 1. The molecular formula is C30H33ClF3N3O5. The fourth-order valence-corrected chi connectivity index (χ4v) is 6.50. The Morgan fingerprint density at radius 3 is 2.50 bits per heavy atom. The van der Waals surface area contributed by atoms with E-state index in [4.69, 9.17) is 16.3 Å². The lowest BCUT2D eigenvalue weighted by Crippen LogP contribution is -2.38. The van der Waals surface area contributed by atoms with Crippen molar-refractivity contribution in [1.82, 2.24) is 14.7 Å². The molecule has 3 aliphatic rings. The number of likely N-dealkylation sites (N-methyl/N-ethyl adjacent to an activating group) is 1. The van der Waals surface area contributed by atoms with Crippen LogP contribution in [0.3, 0.4) is 0 Å². The van der Waals surface area contributed by atoms with Crippen molar-refractivity contribution in [2.24, 2.45) is 11.8 Å². The molecule has 1 heterocycles. The predicted molar refractivity (Wildman–Crippen MR) is 148 cm³/mol. The van der Waals surface area contributed by atoms with E-state index in [2.05, 4.69) is 5.10 Å². The molecule has 1 amide bonds. The van der Waals surface area contributed by atoms with Crippen LogP contribution < -0.4 is 0 Å². The molecule has 1 fully saturated rings. The van der Waals surface area contributed by atoms with Crippen molar-refractivity contribution in [3.63, 3.8) is 0 Å². The number of ether oxygens (including phenoxy) is 1. The van der Waals surface area contributed by atoms with Crippen molar-refractivity contribution >= 4 is 35.0 Å². The number of hydrogen-bond acceptors (Lipinski definition) is 5. The number of carboxylic acid groups (broad SMARTS) is 1. The zero-order valence-electron chi connectivity index (χ0n) is 23.5. The van der Waals surface area contributed by atoms with Crippen LogP contribution in [0.1, 0.15) is 71.4 Å². The van der Waals surface area contributed by atoms with Gasteiger partial charge in [-0.2, -0.15) is 23.0 Å². The number of aliphatic carboxylic acids is 1. The van der Waals surface area contributed by atoms with Gasteiger partial charge in [0.25, 0.3) is 5.91 Å². The summed E-state index contributed by atoms with van der Waals surface area (Å²) in [4.78, 5) is 40.5. The van der Waals surface area contributed by atoms with E-state index in [1.165, 1.54) is 18.2 Å². The Bertz CT molecular complexity index is 1450. The number of rotatable bonds is 8. The molecule has 0 bridgehead atoms. The molecule has 12 heteroatoms. The lowest BCUT2D eigenvalue weighted by atomic mass is 9.82. The fourth-order valence-electron chi connectivity index (χ4n) is 6.25. The van der Waals surface area contributed by atoms with E-state index in [1.807, 2.05) is 6.08 Å². The number of carbonyl (C=O) groups excluding carboxylic acids is 2. The third-order valence-corrected chi connectivity index (χ3v) is 9.24. The van der Waals surface area contributed by atoms with Crippen molar-refractivity contribution in [3.05, 3.63) is 57.4 Å². The molecule has 1 aromatic carbocycles. The number of halogens is 4. The zero-order chi connectivity index (χ0) is 30.4. The highest BCUT2D eigenvalue weighted by Gasteiger charge is 2.65. The van der Waals surface area contributed by atoms with Crippen molar-refractivity contribution in [2.45, 2.75) is 63.0 Å². The minimum Gasteiger partial charge on any atom is -0.481 e. The molecule has 0 aliphatic heterocycles. The Morgan fingerprint density at radius 1 is 1.19 bits per heavy atom. The molecule has 0 saturated heterocycles. The van der Waals surface area contributed by atoms with Gasteiger partial charge in [0.2, 0.25) is 5.91 Å². The molecule has 1 saturated carbocycles. The Morgan fingerprint density at radius 2 is 1.90 bits per heavy atom. The van der Waals surface area contributed by atoms with Gasteiger partial charge in [-0.05, 0) is 62.1 Å². The van der Waals surface area contributed by atoms with Gasteiger partial charge in [-0.15, -0.1) is 0 Å². The summed E-state index contributed by atoms with van der Waals surface area (Å²) in [5.41, 5.74) is 0.0275. The highest BCUT2D eigenvalue weighted by Crippen LogP contribution is 2.60. The van der Waals surface area contributed by atoms with Crippen LogP contribution in [-0.2, 0) is 32.6 Å². The molecule has 8 nitrogen and oxygen atoms in total. The highest BCUT2D eigenvalue weighted by atomic mass is 35.5. The normalized spacial score (nSPS) is 21.3. The summed E-state index contributed by atoms with van der Waals surface area (Å²) < 4.78 is 48.8. The molecule has 2 atom stereocenters. The standard InChI is InChI=1S/C30H33ClF3N3O5/c1-36(14-15-42-2)26(38)19-10-11-20-23(16-19)37(35-25(20)17-6-8-18(9-7-17)28(40)41)27(39)24-21(4-3-5-22(24)31)29(12-13-29)30(32,33)34/h3-6,18-19H,7-16H2,1-2H3,(H,40,41). The maximum atomic E-state index is 14.2. The maximum absolute atomic E-state index is 14.2. The fraction of sp³-hybridized carbons (Fsp3) is 0.533. The van der Waals surface area contributed by atoms with Crippen LogP contribution in [0, 0.1) is 11.8 Å². The first-order chi connectivity index (χ1) is 19.9. The lowest BCUT2D eigenvalue weighted by molar-refractivity contribution is -0.160. The third-order valence-electron chi connectivity index (χ3n) is 8.92. The van der Waals surface area contributed by atoms with E-state index >= 15 is 0 Å². The molecule has 42 heavy (non-hydrogen) atoms. The lowest BCUT2D eigenvalue weighted by Gasteiger charge is -2.28. The summed E-state index contributed by atoms with van der Waals surface area (Å²) in [6, 6.07) is 4.12. The summed E-state index contributed by atoms with van der Waals surface area (Å²) in [5, 5.41) is 14.0. The Hall–Kier alpha value is -3.18. The van der Waals surface area contributed by atoms with E-state index in [-0.39, 0.29) is 41.3 Å². The highest BCUT2D eigenvalue weighted by molar-refractivity contribution is 6.34. The van der Waals surface area contributed by atoms with E-state index in [1.54, 1.807) is 19.1 Å². The number of allylic oxidation sites excluding steroid dienone is 2. The van der Waals surface area contributed by atoms with E-state index in [0.717, 1.165) is 15.8 Å². The van der Waals surface area contributed by atoms with E-state index in [0.29, 0.717) is 56.6 Å². The Labute approximate surface area is 246 Å². The first-order valence-corrected chi connectivity index (χ1v) is 14.4. The molecule has 2 unspecified atom stereocenters. The van der Waals surface area contributed by atoms with Crippen molar-refractivity contribution in [1.29, 1.82) is 0 Å². The molecular weight excluding hydrogens is 575 g/mol. The minimum absolute atomic E-state index is 0.0947. The topological polar surface area (TPSA) is 102 Å². The van der Waals surface area contributed by atoms with Crippen molar-refractivity contribution in [2.75, 3.05) is 27.3 Å². The summed E-state index contributed by atoms with van der Waals surface area (Å²) in [6.07, 6.45) is -0.727. The van der Waals surface area contributed by atoms with Gasteiger partial charge in [0, 0.05) is 38.6 Å². The summed E-state index contributed by atoms with van der Waals surface area (Å²) in [6.45, 7) is 0.755. The first kappa shape index (κ1) is 30.3. The second kappa shape index (κ2) is 11.5. The van der Waals surface area contributed by atoms with Crippen LogP contribution in [0.2, 0.25) is 5.02 Å². The molecule has 1 aromatic heterocycles. The maximum Gasteiger partial charge on any atom is 0.398 e.